The molecule has 0 N–H and O–H groups in total. The van der Waals surface area contributed by atoms with Crippen LogP contribution < -0.4 is 9.64 Å². The third kappa shape index (κ3) is 3.69. The number of thiophene rings is 1. The van der Waals surface area contributed by atoms with E-state index in [2.05, 4.69) is 15.9 Å². The average molecular weight is 426 g/mol. The van der Waals surface area contributed by atoms with Crippen LogP contribution in [-0.2, 0) is 9.59 Å². The van der Waals surface area contributed by atoms with Gasteiger partial charge in [0.2, 0.25) is 0 Å². The second-order valence-electron chi connectivity index (χ2n) is 7.96. The van der Waals surface area contributed by atoms with E-state index in [0.29, 0.717) is 30.9 Å². The van der Waals surface area contributed by atoms with Crippen LogP contribution in [0.3, 0.4) is 0 Å². The Balaban J connectivity index is 1.60. The third-order valence-corrected chi connectivity index (χ3v) is 6.37. The summed E-state index contributed by atoms with van der Waals surface area (Å²) in [4.78, 5) is 33.1. The molecule has 6 nitrogen and oxygen atoms in total. The highest BCUT2D eigenvalue weighted by Gasteiger charge is 2.42. The van der Waals surface area contributed by atoms with E-state index in [1.807, 2.05) is 49.6 Å². The summed E-state index contributed by atoms with van der Waals surface area (Å²) in [5, 5.41) is 1.95. The molecule has 0 bridgehead atoms. The summed E-state index contributed by atoms with van der Waals surface area (Å²) < 4.78 is 5.50. The molecule has 0 aliphatic carbocycles. The van der Waals surface area contributed by atoms with Crippen molar-refractivity contribution in [3.8, 4) is 5.75 Å². The van der Waals surface area contributed by atoms with Gasteiger partial charge in [0.25, 0.3) is 11.8 Å². The predicted octanol–water partition coefficient (Wildman–Crippen LogP) is 3.31. The number of carbonyl (C=O) groups is 2. The summed E-state index contributed by atoms with van der Waals surface area (Å²) in [5.74, 6) is 0.741. The Morgan fingerprint density at radius 2 is 1.67 bits per heavy atom. The van der Waals surface area contributed by atoms with Gasteiger partial charge in [0.1, 0.15) is 11.4 Å². The summed E-state index contributed by atoms with van der Waals surface area (Å²) >= 11 is 1.51. The highest BCUT2D eigenvalue weighted by atomic mass is 32.1. The Morgan fingerprint density at radius 3 is 2.30 bits per heavy atom. The van der Waals surface area contributed by atoms with Gasteiger partial charge in [-0.1, -0.05) is 32.0 Å². The molecule has 1 fully saturated rings. The van der Waals surface area contributed by atoms with E-state index in [4.69, 9.17) is 4.74 Å². The topological polar surface area (TPSA) is 53.1 Å². The van der Waals surface area contributed by atoms with Crippen LogP contribution in [0.25, 0.3) is 5.57 Å². The lowest BCUT2D eigenvalue weighted by atomic mass is 10.1. The van der Waals surface area contributed by atoms with Crippen molar-refractivity contribution in [2.75, 3.05) is 44.7 Å². The minimum atomic E-state index is -0.168. The Kier molecular flexibility index (Phi) is 5.81. The third-order valence-electron chi connectivity index (χ3n) is 5.48. The van der Waals surface area contributed by atoms with Crippen molar-refractivity contribution < 1.29 is 14.3 Å². The van der Waals surface area contributed by atoms with Crippen LogP contribution in [0, 0.1) is 5.92 Å². The van der Waals surface area contributed by atoms with Crippen LogP contribution in [0.5, 0.6) is 5.75 Å². The molecule has 2 aromatic rings. The number of piperazine rings is 1. The van der Waals surface area contributed by atoms with Crippen LogP contribution in [0.15, 0.2) is 47.5 Å². The van der Waals surface area contributed by atoms with Gasteiger partial charge >= 0.3 is 0 Å². The van der Waals surface area contributed by atoms with Crippen molar-refractivity contribution in [1.29, 1.82) is 0 Å². The molecule has 30 heavy (non-hydrogen) atoms. The minimum Gasteiger partial charge on any atom is -0.495 e. The standard InChI is InChI=1S/C23H27N3O3S/c1-16(2)15-26-22(27)20(19-9-6-14-30-19)21(23(26)28)25-12-10-24(11-13-25)17-7-4-5-8-18(17)29-3/h4-9,14,16H,10-13,15H2,1-3H3. The molecule has 0 unspecified atom stereocenters. The average Bonchev–Trinajstić information content (AvgIpc) is 3.36. The van der Waals surface area contributed by atoms with Gasteiger partial charge in [-0.25, -0.2) is 0 Å². The fraction of sp³-hybridized carbons (Fsp3) is 0.391. The van der Waals surface area contributed by atoms with Gasteiger partial charge in [-0.2, -0.15) is 0 Å². The fourth-order valence-corrected chi connectivity index (χ4v) is 4.86. The monoisotopic (exact) mass is 425 g/mol. The van der Waals surface area contributed by atoms with Gasteiger partial charge < -0.3 is 14.5 Å². The zero-order valence-corrected chi connectivity index (χ0v) is 18.4. The highest BCUT2D eigenvalue weighted by Crippen LogP contribution is 2.35. The second kappa shape index (κ2) is 8.52. The van der Waals surface area contributed by atoms with Crippen molar-refractivity contribution >= 4 is 34.4 Å². The van der Waals surface area contributed by atoms with Crippen LogP contribution in [0.4, 0.5) is 5.69 Å². The summed E-state index contributed by atoms with van der Waals surface area (Å²) in [6.45, 7) is 7.36. The van der Waals surface area contributed by atoms with E-state index in [1.54, 1.807) is 7.11 Å². The smallest absolute Gasteiger partial charge is 0.277 e. The van der Waals surface area contributed by atoms with Gasteiger partial charge in [-0.05, 0) is 29.5 Å². The van der Waals surface area contributed by atoms with Gasteiger partial charge in [0.15, 0.2) is 0 Å². The number of nitrogens with zero attached hydrogens (tertiary/aromatic N) is 3. The fourth-order valence-electron chi connectivity index (χ4n) is 4.09. The number of imide groups is 1. The number of benzene rings is 1. The summed E-state index contributed by atoms with van der Waals surface area (Å²) in [6, 6.07) is 11.8. The van der Waals surface area contributed by atoms with Crippen LogP contribution in [0.1, 0.15) is 18.7 Å². The lowest BCUT2D eigenvalue weighted by molar-refractivity contribution is -0.138. The van der Waals surface area contributed by atoms with Gasteiger partial charge in [0, 0.05) is 37.6 Å². The van der Waals surface area contributed by atoms with Gasteiger partial charge in [-0.3, -0.25) is 14.5 Å². The first-order chi connectivity index (χ1) is 14.5. The van der Waals surface area contributed by atoms with E-state index in [0.717, 1.165) is 29.4 Å². The first-order valence-electron chi connectivity index (χ1n) is 10.3. The summed E-state index contributed by atoms with van der Waals surface area (Å²) in [5.41, 5.74) is 2.17. The first-order valence-corrected chi connectivity index (χ1v) is 11.2. The number of hydrogen-bond donors (Lipinski definition) is 0. The molecule has 2 amide bonds. The number of amides is 2. The van der Waals surface area contributed by atoms with E-state index in [1.165, 1.54) is 16.2 Å². The van der Waals surface area contributed by atoms with Crippen molar-refractivity contribution in [2.45, 2.75) is 13.8 Å². The highest BCUT2D eigenvalue weighted by molar-refractivity contribution is 7.11. The zero-order valence-electron chi connectivity index (χ0n) is 17.6. The maximum absolute atomic E-state index is 13.3. The Morgan fingerprint density at radius 1 is 0.967 bits per heavy atom. The molecule has 158 valence electrons. The second-order valence-corrected chi connectivity index (χ2v) is 8.91. The molecule has 1 aromatic heterocycles. The minimum absolute atomic E-state index is 0.164. The molecule has 2 aliphatic heterocycles. The lowest BCUT2D eigenvalue weighted by Crippen LogP contribution is -2.48. The largest absolute Gasteiger partial charge is 0.495 e. The summed E-state index contributed by atoms with van der Waals surface area (Å²) in [7, 11) is 1.68. The lowest BCUT2D eigenvalue weighted by Gasteiger charge is -2.38. The zero-order chi connectivity index (χ0) is 21.3. The van der Waals surface area contributed by atoms with Gasteiger partial charge in [0.05, 0.1) is 18.4 Å². The number of rotatable bonds is 6. The predicted molar refractivity (Wildman–Crippen MR) is 120 cm³/mol. The molecule has 0 saturated carbocycles. The number of methoxy groups -OCH3 is 1. The molecule has 1 aromatic carbocycles. The molecule has 2 aliphatic rings. The quantitative estimate of drug-likeness (QED) is 0.665. The molecule has 0 atom stereocenters. The first kappa shape index (κ1) is 20.5. The van der Waals surface area contributed by atoms with E-state index in [-0.39, 0.29) is 17.7 Å². The molecule has 1 saturated heterocycles. The molecule has 0 radical (unpaired) electrons. The molecule has 0 spiro atoms. The van der Waals surface area contributed by atoms with Crippen molar-refractivity contribution in [3.05, 3.63) is 52.4 Å². The SMILES string of the molecule is COc1ccccc1N1CCN(C2=C(c3cccs3)C(=O)N(CC(C)C)C2=O)CC1. The van der Waals surface area contributed by atoms with E-state index >= 15 is 0 Å². The molecular formula is C23H27N3O3S. The molecule has 3 heterocycles. The van der Waals surface area contributed by atoms with E-state index < -0.39 is 0 Å². The summed E-state index contributed by atoms with van der Waals surface area (Å²) in [6.07, 6.45) is 0. The molecule has 4 rings (SSSR count). The maximum Gasteiger partial charge on any atom is 0.277 e. The van der Waals surface area contributed by atoms with Crippen molar-refractivity contribution in [1.82, 2.24) is 9.80 Å². The van der Waals surface area contributed by atoms with Crippen LogP contribution in [-0.4, -0.2) is 61.4 Å². The number of para-hydroxylation sites is 2. The number of carbonyl (C=O) groups excluding carboxylic acids is 2. The van der Waals surface area contributed by atoms with E-state index in [9.17, 15) is 9.59 Å². The van der Waals surface area contributed by atoms with Crippen LogP contribution in [0.2, 0.25) is 0 Å². The molecule has 7 heteroatoms. The Labute approximate surface area is 181 Å². The van der Waals surface area contributed by atoms with Crippen LogP contribution >= 0.6 is 11.3 Å². The maximum atomic E-state index is 13.3. The number of anilines is 1. The number of hydrogen-bond acceptors (Lipinski definition) is 6. The Hall–Kier alpha value is -2.80. The van der Waals surface area contributed by atoms with Gasteiger partial charge in [-0.15, -0.1) is 11.3 Å². The molecular weight excluding hydrogens is 398 g/mol. The number of ether oxygens (including phenoxy) is 1. The van der Waals surface area contributed by atoms with Crippen molar-refractivity contribution in [3.63, 3.8) is 0 Å². The normalized spacial score (nSPS) is 17.5. The Bertz CT molecular complexity index is 960. The van der Waals surface area contributed by atoms with Crippen molar-refractivity contribution in [2.24, 2.45) is 5.92 Å².